The topological polar surface area (TPSA) is 55.1 Å². The van der Waals surface area contributed by atoms with Gasteiger partial charge in [-0.25, -0.2) is 0 Å². The monoisotopic (exact) mass is 396 g/mol. The highest BCUT2D eigenvalue weighted by atomic mass is 79.9. The van der Waals surface area contributed by atoms with Crippen molar-refractivity contribution in [3.63, 3.8) is 0 Å². The molecule has 0 aliphatic rings. The van der Waals surface area contributed by atoms with Crippen LogP contribution in [-0.2, 0) is 0 Å². The lowest BCUT2D eigenvalue weighted by molar-refractivity contribution is 0.102. The normalized spacial score (nSPS) is 10.4. The Morgan fingerprint density at radius 2 is 1.75 bits per heavy atom. The predicted octanol–water partition coefficient (Wildman–Crippen LogP) is 4.66. The van der Waals surface area contributed by atoms with E-state index in [2.05, 4.69) is 37.2 Å². The summed E-state index contributed by atoms with van der Waals surface area (Å²) in [5, 5.41) is 2.86. The van der Waals surface area contributed by atoms with Gasteiger partial charge in [0.2, 0.25) is 0 Å². The average Bonchev–Trinajstić information content (AvgIpc) is 2.39. The van der Waals surface area contributed by atoms with Crippen LogP contribution in [0.5, 0.6) is 0 Å². The number of nitrogen functional groups attached to an aromatic ring is 1. The van der Waals surface area contributed by atoms with E-state index in [-0.39, 0.29) is 5.91 Å². The molecule has 0 saturated carbocycles. The first-order valence-corrected chi connectivity index (χ1v) is 7.60. The zero-order chi connectivity index (χ0) is 14.9. The van der Waals surface area contributed by atoms with Crippen LogP contribution < -0.4 is 11.1 Å². The second-order valence-electron chi connectivity index (χ2n) is 4.61. The summed E-state index contributed by atoms with van der Waals surface area (Å²) in [4.78, 5) is 12.2. The van der Waals surface area contributed by atoms with Crippen molar-refractivity contribution in [3.05, 3.63) is 56.0 Å². The molecule has 0 radical (unpaired) electrons. The second-order valence-corrected chi connectivity index (χ2v) is 6.32. The number of amides is 1. The van der Waals surface area contributed by atoms with E-state index in [4.69, 9.17) is 5.73 Å². The Morgan fingerprint density at radius 3 is 2.40 bits per heavy atom. The van der Waals surface area contributed by atoms with Crippen LogP contribution in [0.1, 0.15) is 21.5 Å². The lowest BCUT2D eigenvalue weighted by Crippen LogP contribution is -2.13. The van der Waals surface area contributed by atoms with Gasteiger partial charge in [0.05, 0.1) is 5.69 Å². The van der Waals surface area contributed by atoms with Crippen molar-refractivity contribution in [1.29, 1.82) is 0 Å². The third-order valence-corrected chi connectivity index (χ3v) is 4.57. The summed E-state index contributed by atoms with van der Waals surface area (Å²) in [6.07, 6.45) is 0. The smallest absolute Gasteiger partial charge is 0.255 e. The van der Waals surface area contributed by atoms with Crippen LogP contribution in [0.4, 0.5) is 11.4 Å². The van der Waals surface area contributed by atoms with Crippen LogP contribution in [0.25, 0.3) is 0 Å². The number of hydrogen-bond acceptors (Lipinski definition) is 2. The molecule has 5 heteroatoms. The van der Waals surface area contributed by atoms with Gasteiger partial charge in [0, 0.05) is 20.2 Å². The molecule has 0 bridgehead atoms. The maximum Gasteiger partial charge on any atom is 0.255 e. The summed E-state index contributed by atoms with van der Waals surface area (Å²) in [6, 6.07) is 9.12. The molecule has 104 valence electrons. The summed E-state index contributed by atoms with van der Waals surface area (Å²) in [5.41, 5.74) is 9.77. The molecule has 0 aliphatic heterocycles. The lowest BCUT2D eigenvalue weighted by atomic mass is 10.1. The van der Waals surface area contributed by atoms with Gasteiger partial charge in [0.15, 0.2) is 0 Å². The molecular weight excluding hydrogens is 384 g/mol. The third kappa shape index (κ3) is 3.22. The molecule has 3 nitrogen and oxygen atoms in total. The summed E-state index contributed by atoms with van der Waals surface area (Å²) in [6.45, 7) is 3.87. The second kappa shape index (κ2) is 5.97. The molecule has 0 saturated heterocycles. The van der Waals surface area contributed by atoms with Crippen molar-refractivity contribution in [1.82, 2.24) is 0 Å². The van der Waals surface area contributed by atoms with Gasteiger partial charge >= 0.3 is 0 Å². The van der Waals surface area contributed by atoms with E-state index in [1.807, 2.05) is 32.0 Å². The van der Waals surface area contributed by atoms with Crippen molar-refractivity contribution >= 4 is 49.1 Å². The van der Waals surface area contributed by atoms with Gasteiger partial charge < -0.3 is 11.1 Å². The Balaban J connectivity index is 2.27. The number of hydrogen-bond donors (Lipinski definition) is 2. The van der Waals surface area contributed by atoms with Crippen LogP contribution in [0.3, 0.4) is 0 Å². The molecule has 0 heterocycles. The molecule has 0 atom stereocenters. The van der Waals surface area contributed by atoms with E-state index in [1.165, 1.54) is 0 Å². The maximum atomic E-state index is 12.2. The number of aryl methyl sites for hydroxylation is 2. The summed E-state index contributed by atoms with van der Waals surface area (Å²) in [7, 11) is 0. The molecule has 1 amide bonds. The first-order valence-electron chi connectivity index (χ1n) is 6.01. The molecule has 0 aromatic heterocycles. The fourth-order valence-electron chi connectivity index (χ4n) is 1.77. The highest BCUT2D eigenvalue weighted by molar-refractivity contribution is 9.10. The van der Waals surface area contributed by atoms with E-state index >= 15 is 0 Å². The molecule has 0 spiro atoms. The minimum atomic E-state index is -0.162. The van der Waals surface area contributed by atoms with Gasteiger partial charge in [-0.1, -0.05) is 15.9 Å². The number of rotatable bonds is 2. The van der Waals surface area contributed by atoms with Crippen molar-refractivity contribution in [2.75, 3.05) is 11.1 Å². The fourth-order valence-corrected chi connectivity index (χ4v) is 2.57. The Morgan fingerprint density at radius 1 is 1.05 bits per heavy atom. The molecule has 3 N–H and O–H groups in total. The first kappa shape index (κ1) is 15.1. The third-order valence-electron chi connectivity index (χ3n) is 3.02. The summed E-state index contributed by atoms with van der Waals surface area (Å²) < 4.78 is 1.79. The molecule has 20 heavy (non-hydrogen) atoms. The minimum absolute atomic E-state index is 0.162. The van der Waals surface area contributed by atoms with Gasteiger partial charge in [0.25, 0.3) is 5.91 Å². The number of anilines is 2. The van der Waals surface area contributed by atoms with E-state index in [9.17, 15) is 4.79 Å². The van der Waals surface area contributed by atoms with E-state index in [0.29, 0.717) is 16.9 Å². The van der Waals surface area contributed by atoms with Crippen LogP contribution in [0.2, 0.25) is 0 Å². The number of benzene rings is 2. The van der Waals surface area contributed by atoms with Crippen molar-refractivity contribution in [3.8, 4) is 0 Å². The Bertz CT molecular complexity index is 684. The standard InChI is InChI=1S/C15H14Br2N2O/c1-8-5-10(3-4-11(8)16)15(20)19-14-7-13(18)9(2)6-12(14)17/h3-7H,18H2,1-2H3,(H,19,20). The van der Waals surface area contributed by atoms with Gasteiger partial charge in [-0.05, 0) is 71.2 Å². The molecule has 0 fully saturated rings. The molecule has 2 aromatic rings. The Hall–Kier alpha value is -1.33. The van der Waals surface area contributed by atoms with Gasteiger partial charge in [0.1, 0.15) is 0 Å². The van der Waals surface area contributed by atoms with E-state index < -0.39 is 0 Å². The number of nitrogens with two attached hydrogens (primary N) is 1. The quantitative estimate of drug-likeness (QED) is 0.723. The predicted molar refractivity (Wildman–Crippen MR) is 90.1 cm³/mol. The number of halogens is 2. The highest BCUT2D eigenvalue weighted by Gasteiger charge is 2.10. The fraction of sp³-hybridized carbons (Fsp3) is 0.133. The zero-order valence-electron chi connectivity index (χ0n) is 11.1. The average molecular weight is 398 g/mol. The summed E-state index contributed by atoms with van der Waals surface area (Å²) in [5.74, 6) is -0.162. The van der Waals surface area contributed by atoms with Gasteiger partial charge in [-0.2, -0.15) is 0 Å². The van der Waals surface area contributed by atoms with E-state index in [1.54, 1.807) is 12.1 Å². The Kier molecular flexibility index (Phi) is 4.50. The number of carbonyl (C=O) groups is 1. The van der Waals surface area contributed by atoms with Crippen molar-refractivity contribution in [2.24, 2.45) is 0 Å². The van der Waals surface area contributed by atoms with E-state index in [0.717, 1.165) is 20.1 Å². The van der Waals surface area contributed by atoms with Crippen LogP contribution in [0, 0.1) is 13.8 Å². The molecule has 0 unspecified atom stereocenters. The summed E-state index contributed by atoms with van der Waals surface area (Å²) >= 11 is 6.85. The minimum Gasteiger partial charge on any atom is -0.398 e. The van der Waals surface area contributed by atoms with Crippen LogP contribution in [-0.4, -0.2) is 5.91 Å². The van der Waals surface area contributed by atoms with Gasteiger partial charge in [-0.3, -0.25) is 4.79 Å². The SMILES string of the molecule is Cc1cc(Br)c(NC(=O)c2ccc(Br)c(C)c2)cc1N. The van der Waals surface area contributed by atoms with Crippen molar-refractivity contribution < 1.29 is 4.79 Å². The van der Waals surface area contributed by atoms with Crippen LogP contribution >= 0.6 is 31.9 Å². The Labute approximate surface area is 134 Å². The largest absolute Gasteiger partial charge is 0.398 e. The first-order chi connectivity index (χ1) is 9.38. The number of carbonyl (C=O) groups excluding carboxylic acids is 1. The molecule has 2 aromatic carbocycles. The van der Waals surface area contributed by atoms with Crippen LogP contribution in [0.15, 0.2) is 39.3 Å². The molecule has 2 rings (SSSR count). The lowest BCUT2D eigenvalue weighted by Gasteiger charge is -2.11. The zero-order valence-corrected chi connectivity index (χ0v) is 14.3. The highest BCUT2D eigenvalue weighted by Crippen LogP contribution is 2.28. The molecule has 0 aliphatic carbocycles. The molecular formula is C15H14Br2N2O. The van der Waals surface area contributed by atoms with Gasteiger partial charge in [-0.15, -0.1) is 0 Å². The van der Waals surface area contributed by atoms with Crippen molar-refractivity contribution in [2.45, 2.75) is 13.8 Å². The maximum absolute atomic E-state index is 12.2. The number of nitrogens with one attached hydrogen (secondary N) is 1.